The maximum Gasteiger partial charge on any atom is 0.253 e. The third-order valence-electron chi connectivity index (χ3n) is 6.87. The number of carbonyl (C=O) groups is 1. The van der Waals surface area contributed by atoms with Crippen molar-refractivity contribution in [1.82, 2.24) is 4.90 Å². The van der Waals surface area contributed by atoms with E-state index in [1.807, 2.05) is 44.0 Å². The summed E-state index contributed by atoms with van der Waals surface area (Å²) in [7, 11) is 1.97. The first kappa shape index (κ1) is 18.6. The highest BCUT2D eigenvalue weighted by Crippen LogP contribution is 2.60. The molecule has 1 aromatic rings. The molecule has 4 bridgehead atoms. The summed E-state index contributed by atoms with van der Waals surface area (Å²) in [5.41, 5.74) is 1.06. The Kier molecular flexibility index (Phi) is 5.09. The number of ether oxygens (including phenoxy) is 2. The van der Waals surface area contributed by atoms with Crippen LogP contribution in [0.2, 0.25) is 0 Å². The van der Waals surface area contributed by atoms with Crippen LogP contribution in [-0.4, -0.2) is 37.6 Å². The SMILES string of the molecule is CCOc1ccc(C(=O)N(C)CC23CC4CC(CC(C4)C2)C3)cc1OCC. The van der Waals surface area contributed by atoms with Crippen LogP contribution in [-0.2, 0) is 0 Å². The van der Waals surface area contributed by atoms with Crippen molar-refractivity contribution in [3.8, 4) is 11.5 Å². The highest BCUT2D eigenvalue weighted by molar-refractivity contribution is 5.94. The summed E-state index contributed by atoms with van der Waals surface area (Å²) < 4.78 is 11.3. The van der Waals surface area contributed by atoms with Gasteiger partial charge in [-0.2, -0.15) is 0 Å². The maximum absolute atomic E-state index is 13.1. The molecule has 148 valence electrons. The van der Waals surface area contributed by atoms with Gasteiger partial charge in [-0.3, -0.25) is 4.79 Å². The zero-order chi connectivity index (χ0) is 19.0. The first-order valence-corrected chi connectivity index (χ1v) is 10.7. The molecule has 4 saturated carbocycles. The number of hydrogen-bond acceptors (Lipinski definition) is 3. The maximum atomic E-state index is 13.1. The molecule has 1 aromatic carbocycles. The summed E-state index contributed by atoms with van der Waals surface area (Å²) in [6.07, 6.45) is 8.28. The molecule has 0 spiro atoms. The van der Waals surface area contributed by atoms with Crippen LogP contribution >= 0.6 is 0 Å². The Bertz CT molecular complexity index is 664. The minimum atomic E-state index is 0.0924. The Morgan fingerprint density at radius 3 is 2.11 bits per heavy atom. The molecule has 1 amide bonds. The lowest BCUT2D eigenvalue weighted by molar-refractivity contribution is -0.0629. The van der Waals surface area contributed by atoms with Crippen molar-refractivity contribution >= 4 is 5.91 Å². The van der Waals surface area contributed by atoms with Crippen LogP contribution in [0.1, 0.15) is 62.7 Å². The van der Waals surface area contributed by atoms with Crippen molar-refractivity contribution in [3.63, 3.8) is 0 Å². The molecular formula is C23H33NO3. The van der Waals surface area contributed by atoms with Gasteiger partial charge in [-0.05, 0) is 93.7 Å². The van der Waals surface area contributed by atoms with Crippen molar-refractivity contribution in [2.45, 2.75) is 52.4 Å². The minimum Gasteiger partial charge on any atom is -0.490 e. The van der Waals surface area contributed by atoms with Crippen molar-refractivity contribution in [1.29, 1.82) is 0 Å². The van der Waals surface area contributed by atoms with E-state index in [2.05, 4.69) is 0 Å². The predicted octanol–water partition coefficient (Wildman–Crippen LogP) is 4.77. The van der Waals surface area contributed by atoms with Crippen LogP contribution in [0.15, 0.2) is 18.2 Å². The fourth-order valence-electron chi connectivity index (χ4n) is 6.46. The quantitative estimate of drug-likeness (QED) is 0.693. The molecule has 0 radical (unpaired) electrons. The molecule has 4 aliphatic carbocycles. The van der Waals surface area contributed by atoms with E-state index in [-0.39, 0.29) is 5.91 Å². The van der Waals surface area contributed by atoms with E-state index in [1.165, 1.54) is 38.5 Å². The van der Waals surface area contributed by atoms with Gasteiger partial charge in [-0.25, -0.2) is 0 Å². The van der Waals surface area contributed by atoms with Crippen LogP contribution in [0.25, 0.3) is 0 Å². The number of carbonyl (C=O) groups excluding carboxylic acids is 1. The second-order valence-corrected chi connectivity index (χ2v) is 9.11. The molecule has 4 fully saturated rings. The van der Waals surface area contributed by atoms with Crippen LogP contribution in [0.4, 0.5) is 0 Å². The molecule has 0 atom stereocenters. The van der Waals surface area contributed by atoms with E-state index >= 15 is 0 Å². The topological polar surface area (TPSA) is 38.8 Å². The second-order valence-electron chi connectivity index (χ2n) is 9.11. The van der Waals surface area contributed by atoms with Crippen LogP contribution < -0.4 is 9.47 Å². The third kappa shape index (κ3) is 3.68. The molecule has 4 aliphatic rings. The van der Waals surface area contributed by atoms with Crippen LogP contribution in [0, 0.1) is 23.2 Å². The van der Waals surface area contributed by atoms with Gasteiger partial charge >= 0.3 is 0 Å². The zero-order valence-electron chi connectivity index (χ0n) is 17.0. The average Bonchev–Trinajstić information content (AvgIpc) is 2.61. The van der Waals surface area contributed by atoms with E-state index in [4.69, 9.17) is 9.47 Å². The molecule has 0 aliphatic heterocycles. The molecule has 0 aromatic heterocycles. The summed E-state index contributed by atoms with van der Waals surface area (Å²) in [4.78, 5) is 15.1. The third-order valence-corrected chi connectivity index (χ3v) is 6.87. The number of nitrogens with zero attached hydrogens (tertiary/aromatic N) is 1. The first-order chi connectivity index (χ1) is 13.0. The molecule has 0 heterocycles. The van der Waals surface area contributed by atoms with Crippen molar-refractivity contribution in [2.75, 3.05) is 26.8 Å². The standard InChI is InChI=1S/C23H33NO3/c1-4-26-20-7-6-19(11-21(20)27-5-2)22(25)24(3)15-23-12-16-8-17(13-23)10-18(9-16)14-23/h6-7,11,16-18H,4-5,8-10,12-15H2,1-3H3. The van der Waals surface area contributed by atoms with Crippen LogP contribution in [0.3, 0.4) is 0 Å². The Morgan fingerprint density at radius 1 is 1.00 bits per heavy atom. The van der Waals surface area contributed by atoms with Gasteiger partial charge in [0.2, 0.25) is 0 Å². The number of benzene rings is 1. The number of rotatable bonds is 7. The Balaban J connectivity index is 1.48. The Hall–Kier alpha value is -1.71. The molecular weight excluding hydrogens is 338 g/mol. The lowest BCUT2D eigenvalue weighted by Crippen LogP contribution is -2.51. The second kappa shape index (κ2) is 7.37. The highest BCUT2D eigenvalue weighted by Gasteiger charge is 2.51. The van der Waals surface area contributed by atoms with Gasteiger partial charge < -0.3 is 14.4 Å². The molecule has 4 heteroatoms. The number of hydrogen-bond donors (Lipinski definition) is 0. The molecule has 0 saturated heterocycles. The van der Waals surface area contributed by atoms with E-state index in [9.17, 15) is 4.79 Å². The smallest absolute Gasteiger partial charge is 0.253 e. The van der Waals surface area contributed by atoms with E-state index in [0.717, 1.165) is 24.3 Å². The largest absolute Gasteiger partial charge is 0.490 e. The zero-order valence-corrected chi connectivity index (χ0v) is 17.0. The molecule has 0 unspecified atom stereocenters. The van der Waals surface area contributed by atoms with Gasteiger partial charge in [0.25, 0.3) is 5.91 Å². The average molecular weight is 372 g/mol. The van der Waals surface area contributed by atoms with Gasteiger partial charge in [0, 0.05) is 19.2 Å². The summed E-state index contributed by atoms with van der Waals surface area (Å²) in [6, 6.07) is 5.57. The van der Waals surface area contributed by atoms with Crippen LogP contribution in [0.5, 0.6) is 11.5 Å². The fourth-order valence-corrected chi connectivity index (χ4v) is 6.46. The highest BCUT2D eigenvalue weighted by atomic mass is 16.5. The van der Waals surface area contributed by atoms with Crippen molar-refractivity contribution in [3.05, 3.63) is 23.8 Å². The first-order valence-electron chi connectivity index (χ1n) is 10.7. The van der Waals surface area contributed by atoms with E-state index < -0.39 is 0 Å². The monoisotopic (exact) mass is 371 g/mol. The lowest BCUT2D eigenvalue weighted by atomic mass is 9.49. The molecule has 0 N–H and O–H groups in total. The van der Waals surface area contributed by atoms with E-state index in [1.54, 1.807) is 0 Å². The van der Waals surface area contributed by atoms with E-state index in [0.29, 0.717) is 35.7 Å². The van der Waals surface area contributed by atoms with Crippen molar-refractivity contribution in [2.24, 2.45) is 23.2 Å². The van der Waals surface area contributed by atoms with Crippen molar-refractivity contribution < 1.29 is 14.3 Å². The normalized spacial score (nSPS) is 31.0. The van der Waals surface area contributed by atoms with Gasteiger partial charge in [-0.15, -0.1) is 0 Å². The Morgan fingerprint density at radius 2 is 1.56 bits per heavy atom. The minimum absolute atomic E-state index is 0.0924. The van der Waals surface area contributed by atoms with Gasteiger partial charge in [0.05, 0.1) is 13.2 Å². The Labute approximate surface area is 163 Å². The van der Waals surface area contributed by atoms with Gasteiger partial charge in [0.1, 0.15) is 0 Å². The van der Waals surface area contributed by atoms with Gasteiger partial charge in [-0.1, -0.05) is 0 Å². The molecule has 5 rings (SSSR count). The van der Waals surface area contributed by atoms with Gasteiger partial charge in [0.15, 0.2) is 11.5 Å². The fraction of sp³-hybridized carbons (Fsp3) is 0.696. The summed E-state index contributed by atoms with van der Waals surface area (Å²) in [5, 5.41) is 0. The molecule has 4 nitrogen and oxygen atoms in total. The summed E-state index contributed by atoms with van der Waals surface area (Å²) in [6.45, 7) is 5.93. The number of amides is 1. The molecule has 27 heavy (non-hydrogen) atoms. The summed E-state index contributed by atoms with van der Waals surface area (Å²) >= 11 is 0. The summed E-state index contributed by atoms with van der Waals surface area (Å²) in [5.74, 6) is 4.20. The predicted molar refractivity (Wildman–Crippen MR) is 106 cm³/mol. The lowest BCUT2D eigenvalue weighted by Gasteiger charge is -2.57.